The highest BCUT2D eigenvalue weighted by Gasteiger charge is 2.27. The molecule has 0 bridgehead atoms. The second-order valence-electron chi connectivity index (χ2n) is 3.79. The number of halogens is 4. The van der Waals surface area contributed by atoms with Gasteiger partial charge in [0.2, 0.25) is 0 Å². The van der Waals surface area contributed by atoms with Crippen molar-refractivity contribution in [3.05, 3.63) is 29.8 Å². The first kappa shape index (κ1) is 14.3. The number of hydrogen-bond donors (Lipinski definition) is 1. The molecule has 0 atom stereocenters. The van der Waals surface area contributed by atoms with E-state index in [1.807, 2.05) is 0 Å². The van der Waals surface area contributed by atoms with Crippen molar-refractivity contribution >= 4 is 0 Å². The van der Waals surface area contributed by atoms with Crippen LogP contribution in [0.4, 0.5) is 17.6 Å². The summed E-state index contributed by atoms with van der Waals surface area (Å²) in [6, 6.07) is 3.12. The lowest BCUT2D eigenvalue weighted by atomic mass is 10.2. The lowest BCUT2D eigenvalue weighted by Crippen LogP contribution is -2.16. The van der Waals surface area contributed by atoms with Crippen molar-refractivity contribution in [2.75, 3.05) is 6.61 Å². The SMILES string of the molecule is Oc1cc(F)ccc1-c1nc(COCC(F)(F)F)no1. The van der Waals surface area contributed by atoms with Gasteiger partial charge in [0.05, 0.1) is 5.56 Å². The second kappa shape index (κ2) is 5.45. The molecule has 0 aliphatic rings. The molecule has 5 nitrogen and oxygen atoms in total. The van der Waals surface area contributed by atoms with Crippen LogP contribution < -0.4 is 0 Å². The van der Waals surface area contributed by atoms with Gasteiger partial charge < -0.3 is 14.4 Å². The first-order chi connectivity index (χ1) is 9.35. The number of aromatic hydroxyl groups is 1. The van der Waals surface area contributed by atoms with E-state index in [4.69, 9.17) is 4.52 Å². The van der Waals surface area contributed by atoms with E-state index in [2.05, 4.69) is 14.9 Å². The zero-order valence-corrected chi connectivity index (χ0v) is 9.82. The molecule has 0 amide bonds. The Hall–Kier alpha value is -2.16. The smallest absolute Gasteiger partial charge is 0.411 e. The number of rotatable bonds is 4. The minimum absolute atomic E-state index is 0.0703. The molecule has 1 heterocycles. The molecule has 20 heavy (non-hydrogen) atoms. The Labute approximate surface area is 109 Å². The highest BCUT2D eigenvalue weighted by molar-refractivity contribution is 5.61. The molecule has 2 rings (SSSR count). The lowest BCUT2D eigenvalue weighted by Gasteiger charge is -2.04. The van der Waals surface area contributed by atoms with E-state index in [0.717, 1.165) is 12.1 Å². The summed E-state index contributed by atoms with van der Waals surface area (Å²) in [5.74, 6) is -1.34. The van der Waals surface area contributed by atoms with Gasteiger partial charge >= 0.3 is 6.18 Å². The van der Waals surface area contributed by atoms with Crippen molar-refractivity contribution in [3.63, 3.8) is 0 Å². The quantitative estimate of drug-likeness (QED) is 0.877. The Morgan fingerprint density at radius 3 is 2.70 bits per heavy atom. The van der Waals surface area contributed by atoms with Gasteiger partial charge in [0, 0.05) is 6.07 Å². The van der Waals surface area contributed by atoms with E-state index in [1.165, 1.54) is 6.07 Å². The summed E-state index contributed by atoms with van der Waals surface area (Å²) in [5, 5.41) is 12.9. The van der Waals surface area contributed by atoms with E-state index in [1.54, 1.807) is 0 Å². The Morgan fingerprint density at radius 2 is 2.05 bits per heavy atom. The largest absolute Gasteiger partial charge is 0.507 e. The Morgan fingerprint density at radius 1 is 1.30 bits per heavy atom. The maximum absolute atomic E-state index is 12.8. The highest BCUT2D eigenvalue weighted by Crippen LogP contribution is 2.28. The van der Waals surface area contributed by atoms with E-state index < -0.39 is 31.0 Å². The summed E-state index contributed by atoms with van der Waals surface area (Å²) in [4.78, 5) is 3.74. The number of benzene rings is 1. The Kier molecular flexibility index (Phi) is 3.89. The fourth-order valence-electron chi connectivity index (χ4n) is 1.37. The fraction of sp³-hybridized carbons (Fsp3) is 0.273. The number of aromatic nitrogens is 2. The van der Waals surface area contributed by atoms with Crippen molar-refractivity contribution in [2.24, 2.45) is 0 Å². The molecule has 0 spiro atoms. The highest BCUT2D eigenvalue weighted by atomic mass is 19.4. The Bertz CT molecular complexity index is 598. The summed E-state index contributed by atoms with van der Waals surface area (Å²) in [6.45, 7) is -1.93. The van der Waals surface area contributed by atoms with Crippen molar-refractivity contribution in [1.82, 2.24) is 10.1 Å². The number of phenolic OH excluding ortho intramolecular Hbond substituents is 1. The monoisotopic (exact) mass is 292 g/mol. The summed E-state index contributed by atoms with van der Waals surface area (Å²) in [6.07, 6.45) is -4.44. The number of phenols is 1. The van der Waals surface area contributed by atoms with Gasteiger partial charge in [-0.2, -0.15) is 18.2 Å². The molecule has 0 radical (unpaired) electrons. The van der Waals surface area contributed by atoms with Gasteiger partial charge in [-0.3, -0.25) is 0 Å². The number of hydrogen-bond acceptors (Lipinski definition) is 5. The second-order valence-corrected chi connectivity index (χ2v) is 3.79. The van der Waals surface area contributed by atoms with Crippen LogP contribution in [-0.2, 0) is 11.3 Å². The van der Waals surface area contributed by atoms with Crippen LogP contribution >= 0.6 is 0 Å². The van der Waals surface area contributed by atoms with Crippen LogP contribution in [0.25, 0.3) is 11.5 Å². The molecule has 0 fully saturated rings. The summed E-state index contributed by atoms with van der Waals surface area (Å²) < 4.78 is 57.5. The third kappa shape index (κ3) is 3.67. The molecule has 108 valence electrons. The van der Waals surface area contributed by atoms with Gasteiger partial charge in [-0.05, 0) is 12.1 Å². The molecular formula is C11H8F4N2O3. The number of alkyl halides is 3. The third-order valence-corrected chi connectivity index (χ3v) is 2.16. The van der Waals surface area contributed by atoms with Gasteiger partial charge in [-0.1, -0.05) is 5.16 Å². The minimum Gasteiger partial charge on any atom is -0.507 e. The van der Waals surface area contributed by atoms with E-state index in [-0.39, 0.29) is 17.3 Å². The van der Waals surface area contributed by atoms with Crippen LogP contribution in [0.15, 0.2) is 22.7 Å². The van der Waals surface area contributed by atoms with Gasteiger partial charge in [-0.15, -0.1) is 0 Å². The topological polar surface area (TPSA) is 68.4 Å². The Balaban J connectivity index is 2.05. The molecule has 0 saturated carbocycles. The average Bonchev–Trinajstić information content (AvgIpc) is 2.75. The molecule has 1 N–H and O–H groups in total. The van der Waals surface area contributed by atoms with E-state index >= 15 is 0 Å². The molecule has 1 aromatic heterocycles. The first-order valence-electron chi connectivity index (χ1n) is 5.31. The van der Waals surface area contributed by atoms with Crippen LogP contribution in [0.5, 0.6) is 5.75 Å². The fourth-order valence-corrected chi connectivity index (χ4v) is 1.37. The van der Waals surface area contributed by atoms with Crippen molar-refractivity contribution < 1.29 is 31.9 Å². The predicted octanol–water partition coefficient (Wildman–Crippen LogP) is 2.66. The van der Waals surface area contributed by atoms with Gasteiger partial charge in [0.1, 0.15) is 24.8 Å². The summed E-state index contributed by atoms with van der Waals surface area (Å²) in [7, 11) is 0. The van der Waals surface area contributed by atoms with Crippen molar-refractivity contribution in [2.45, 2.75) is 12.8 Å². The van der Waals surface area contributed by atoms with Gasteiger partial charge in [0.15, 0.2) is 5.82 Å². The van der Waals surface area contributed by atoms with Crippen molar-refractivity contribution in [1.29, 1.82) is 0 Å². The average molecular weight is 292 g/mol. The maximum atomic E-state index is 12.8. The summed E-state index contributed by atoms with van der Waals surface area (Å²) in [5.41, 5.74) is 0.0703. The van der Waals surface area contributed by atoms with E-state index in [0.29, 0.717) is 0 Å². The zero-order chi connectivity index (χ0) is 14.8. The van der Waals surface area contributed by atoms with Crippen LogP contribution in [0.2, 0.25) is 0 Å². The first-order valence-corrected chi connectivity index (χ1v) is 5.31. The summed E-state index contributed by atoms with van der Waals surface area (Å²) >= 11 is 0. The molecule has 0 saturated heterocycles. The predicted molar refractivity (Wildman–Crippen MR) is 57.1 cm³/mol. The number of ether oxygens (including phenoxy) is 1. The molecule has 1 aromatic carbocycles. The molecule has 9 heteroatoms. The van der Waals surface area contributed by atoms with Crippen LogP contribution in [0.3, 0.4) is 0 Å². The normalized spacial score (nSPS) is 11.8. The minimum atomic E-state index is -4.44. The molecule has 0 aliphatic carbocycles. The molecule has 0 aliphatic heterocycles. The lowest BCUT2D eigenvalue weighted by molar-refractivity contribution is -0.177. The third-order valence-electron chi connectivity index (χ3n) is 2.16. The molecule has 0 unspecified atom stereocenters. The van der Waals surface area contributed by atoms with E-state index in [9.17, 15) is 22.7 Å². The van der Waals surface area contributed by atoms with Crippen LogP contribution in [0.1, 0.15) is 5.82 Å². The van der Waals surface area contributed by atoms with Gasteiger partial charge in [0.25, 0.3) is 5.89 Å². The molecular weight excluding hydrogens is 284 g/mol. The standard InChI is InChI=1S/C11H8F4N2O3/c12-6-1-2-7(8(18)3-6)10-16-9(17-20-10)4-19-5-11(13,14)15/h1-3,18H,4-5H2. The van der Waals surface area contributed by atoms with Gasteiger partial charge in [-0.25, -0.2) is 4.39 Å². The maximum Gasteiger partial charge on any atom is 0.411 e. The zero-order valence-electron chi connectivity index (χ0n) is 9.82. The molecule has 2 aromatic rings. The van der Waals surface area contributed by atoms with Crippen molar-refractivity contribution in [3.8, 4) is 17.2 Å². The number of nitrogens with zero attached hydrogens (tertiary/aromatic N) is 2. The van der Waals surface area contributed by atoms with Crippen LogP contribution in [-0.4, -0.2) is 28.0 Å². The van der Waals surface area contributed by atoms with Crippen LogP contribution in [0, 0.1) is 5.82 Å².